The molecule has 1 aromatic carbocycles. The molecule has 2 bridgehead atoms. The van der Waals surface area contributed by atoms with Crippen molar-refractivity contribution in [3.05, 3.63) is 47.3 Å². The second-order valence-corrected chi connectivity index (χ2v) is 9.91. The Morgan fingerprint density at radius 1 is 1.18 bits per heavy atom. The SMILES string of the molecule is COCCN1CC(=O)N[C@@H](C(=O)NCc2cc(C)no2)Cc2ccc(cc2)OCC(=O)N[C@@H](CC(C)C)C1=O. The lowest BCUT2D eigenvalue weighted by molar-refractivity contribution is -0.141. The summed E-state index contributed by atoms with van der Waals surface area (Å²) in [6.45, 7) is 5.49. The number of carbonyl (C=O) groups is 4. The van der Waals surface area contributed by atoms with Crippen LogP contribution in [0.2, 0.25) is 0 Å². The summed E-state index contributed by atoms with van der Waals surface area (Å²) in [4.78, 5) is 53.8. The van der Waals surface area contributed by atoms with Crippen molar-refractivity contribution in [1.82, 2.24) is 26.0 Å². The first kappa shape index (κ1) is 29.6. The smallest absolute Gasteiger partial charge is 0.258 e. The van der Waals surface area contributed by atoms with Crippen molar-refractivity contribution >= 4 is 23.6 Å². The predicted octanol–water partition coefficient (Wildman–Crippen LogP) is 0.725. The highest BCUT2D eigenvalue weighted by Crippen LogP contribution is 2.15. The molecule has 12 nitrogen and oxygen atoms in total. The summed E-state index contributed by atoms with van der Waals surface area (Å²) in [7, 11) is 1.49. The summed E-state index contributed by atoms with van der Waals surface area (Å²) in [5.41, 5.74) is 1.45. The van der Waals surface area contributed by atoms with Crippen LogP contribution in [0.3, 0.4) is 0 Å². The summed E-state index contributed by atoms with van der Waals surface area (Å²) in [6.07, 6.45) is 0.562. The molecule has 2 atom stereocenters. The van der Waals surface area contributed by atoms with Gasteiger partial charge in [-0.1, -0.05) is 31.1 Å². The normalized spacial score (nSPS) is 19.0. The number of nitrogens with zero attached hydrogens (tertiary/aromatic N) is 2. The third kappa shape index (κ3) is 9.40. The van der Waals surface area contributed by atoms with Crippen LogP contribution in [0.15, 0.2) is 34.9 Å². The molecule has 12 heteroatoms. The molecular formula is C27H37N5O7. The Bertz CT molecular complexity index is 1130. The number of aryl methyl sites for hydroxylation is 1. The third-order valence-electron chi connectivity index (χ3n) is 6.05. The van der Waals surface area contributed by atoms with Crippen molar-refractivity contribution in [2.45, 2.75) is 52.2 Å². The average Bonchev–Trinajstić information content (AvgIpc) is 3.32. The number of aromatic nitrogens is 1. The Balaban J connectivity index is 1.86. The van der Waals surface area contributed by atoms with Crippen molar-refractivity contribution in [3.8, 4) is 5.75 Å². The molecule has 39 heavy (non-hydrogen) atoms. The zero-order valence-electron chi connectivity index (χ0n) is 22.8. The Morgan fingerprint density at radius 2 is 1.92 bits per heavy atom. The van der Waals surface area contributed by atoms with Gasteiger partial charge >= 0.3 is 0 Å². The highest BCUT2D eigenvalue weighted by molar-refractivity contribution is 5.93. The fourth-order valence-corrected chi connectivity index (χ4v) is 4.14. The number of hydrogen-bond acceptors (Lipinski definition) is 8. The molecule has 0 radical (unpaired) electrons. The van der Waals surface area contributed by atoms with Crippen LogP contribution in [0.1, 0.15) is 37.3 Å². The first-order chi connectivity index (χ1) is 18.6. The van der Waals surface area contributed by atoms with Gasteiger partial charge in [0, 0.05) is 26.1 Å². The molecular weight excluding hydrogens is 506 g/mol. The minimum Gasteiger partial charge on any atom is -0.484 e. The number of amides is 4. The summed E-state index contributed by atoms with van der Waals surface area (Å²) < 4.78 is 15.9. The first-order valence-corrected chi connectivity index (χ1v) is 12.9. The van der Waals surface area contributed by atoms with E-state index in [0.29, 0.717) is 23.6 Å². The standard InChI is InChI=1S/C27H37N5O7/c1-17(2)11-23-27(36)32(9-10-37-4)15-24(33)29-22(26(35)28-14-21-12-18(3)31-39-21)13-19-5-7-20(8-6-19)38-16-25(34)30-23/h5-8,12,17,22-23H,9-11,13-16H2,1-4H3,(H,28,35)(H,29,33)(H,30,34)/t22-,23+/m1/s1. The summed E-state index contributed by atoms with van der Waals surface area (Å²) in [5, 5.41) is 12.1. The topological polar surface area (TPSA) is 152 Å². The fraction of sp³-hybridized carbons (Fsp3) is 0.519. The van der Waals surface area contributed by atoms with Crippen molar-refractivity contribution in [2.24, 2.45) is 5.92 Å². The Hall–Kier alpha value is -3.93. The van der Waals surface area contributed by atoms with E-state index < -0.39 is 35.7 Å². The van der Waals surface area contributed by atoms with Crippen molar-refractivity contribution in [3.63, 3.8) is 0 Å². The van der Waals surface area contributed by atoms with Gasteiger partial charge in [0.1, 0.15) is 17.8 Å². The number of rotatable bonds is 8. The van der Waals surface area contributed by atoms with E-state index in [1.165, 1.54) is 12.0 Å². The molecule has 0 unspecified atom stereocenters. The van der Waals surface area contributed by atoms with Gasteiger partial charge < -0.3 is 34.8 Å². The first-order valence-electron chi connectivity index (χ1n) is 12.9. The number of ether oxygens (including phenoxy) is 2. The van der Waals surface area contributed by atoms with E-state index in [-0.39, 0.29) is 45.2 Å². The number of methoxy groups -OCH3 is 1. The van der Waals surface area contributed by atoms with Crippen LogP contribution >= 0.6 is 0 Å². The van der Waals surface area contributed by atoms with Crippen LogP contribution in [0, 0.1) is 12.8 Å². The van der Waals surface area contributed by atoms with Gasteiger partial charge in [-0.2, -0.15) is 0 Å². The number of hydrogen-bond donors (Lipinski definition) is 3. The summed E-state index contributed by atoms with van der Waals surface area (Å²) in [6, 6.07) is 6.83. The summed E-state index contributed by atoms with van der Waals surface area (Å²) in [5.74, 6) is -0.758. The van der Waals surface area contributed by atoms with E-state index in [4.69, 9.17) is 14.0 Å². The van der Waals surface area contributed by atoms with E-state index in [2.05, 4.69) is 21.1 Å². The summed E-state index contributed by atoms with van der Waals surface area (Å²) >= 11 is 0. The molecule has 0 saturated heterocycles. The van der Waals surface area contributed by atoms with Gasteiger partial charge in [-0.05, 0) is 37.0 Å². The van der Waals surface area contributed by atoms with Gasteiger partial charge in [0.05, 0.1) is 25.4 Å². The predicted molar refractivity (Wildman–Crippen MR) is 141 cm³/mol. The number of benzene rings is 1. The lowest BCUT2D eigenvalue weighted by atomic mass is 10.0. The van der Waals surface area contributed by atoms with Gasteiger partial charge in [-0.25, -0.2) is 0 Å². The molecule has 3 N–H and O–H groups in total. The largest absolute Gasteiger partial charge is 0.484 e. The third-order valence-corrected chi connectivity index (χ3v) is 6.05. The van der Waals surface area contributed by atoms with Gasteiger partial charge in [0.25, 0.3) is 5.91 Å². The van der Waals surface area contributed by atoms with Crippen LogP contribution in [-0.4, -0.2) is 79.2 Å². The molecule has 3 heterocycles. The lowest BCUT2D eigenvalue weighted by Crippen LogP contribution is -2.55. The average molecular weight is 544 g/mol. The number of nitrogens with one attached hydrogen (secondary N) is 3. The highest BCUT2D eigenvalue weighted by atomic mass is 16.5. The van der Waals surface area contributed by atoms with E-state index >= 15 is 0 Å². The van der Waals surface area contributed by atoms with Crippen molar-refractivity contribution < 1.29 is 33.2 Å². The molecule has 1 aromatic heterocycles. The van der Waals surface area contributed by atoms with Gasteiger partial charge in [-0.3, -0.25) is 19.2 Å². The number of fused-ring (bicyclic) bond motifs is 13. The Labute approximate surface area is 227 Å². The molecule has 2 aliphatic heterocycles. The van der Waals surface area contributed by atoms with Crippen LogP contribution in [0.5, 0.6) is 5.75 Å². The second kappa shape index (κ2) is 14.3. The fourth-order valence-electron chi connectivity index (χ4n) is 4.14. The zero-order chi connectivity index (χ0) is 28.4. The van der Waals surface area contributed by atoms with Crippen LogP contribution in [0.4, 0.5) is 0 Å². The zero-order valence-corrected chi connectivity index (χ0v) is 22.8. The molecule has 0 saturated carbocycles. The van der Waals surface area contributed by atoms with Gasteiger partial charge in [0.15, 0.2) is 12.4 Å². The molecule has 2 aliphatic rings. The van der Waals surface area contributed by atoms with E-state index in [0.717, 1.165) is 5.56 Å². The second-order valence-electron chi connectivity index (χ2n) is 9.91. The molecule has 4 rings (SSSR count). The Kier molecular flexibility index (Phi) is 10.9. The molecule has 4 amide bonds. The van der Waals surface area contributed by atoms with Crippen molar-refractivity contribution in [1.29, 1.82) is 0 Å². The maximum Gasteiger partial charge on any atom is 0.258 e. The van der Waals surface area contributed by atoms with E-state index in [1.54, 1.807) is 37.3 Å². The minimum atomic E-state index is -0.924. The van der Waals surface area contributed by atoms with Crippen molar-refractivity contribution in [2.75, 3.05) is 33.4 Å². The quantitative estimate of drug-likeness (QED) is 0.412. The molecule has 2 aromatic rings. The van der Waals surface area contributed by atoms with Crippen LogP contribution in [0.25, 0.3) is 0 Å². The molecule has 0 aliphatic carbocycles. The van der Waals surface area contributed by atoms with E-state index in [1.807, 2.05) is 13.8 Å². The monoisotopic (exact) mass is 543 g/mol. The van der Waals surface area contributed by atoms with Crippen LogP contribution in [-0.2, 0) is 36.9 Å². The molecule has 0 spiro atoms. The molecule has 0 fully saturated rings. The maximum atomic E-state index is 13.5. The number of carbonyl (C=O) groups excluding carboxylic acids is 4. The minimum absolute atomic E-state index is 0.0950. The maximum absolute atomic E-state index is 13.5. The lowest BCUT2D eigenvalue weighted by Gasteiger charge is -2.29. The molecule has 212 valence electrons. The van der Waals surface area contributed by atoms with E-state index in [9.17, 15) is 19.2 Å². The highest BCUT2D eigenvalue weighted by Gasteiger charge is 2.30. The van der Waals surface area contributed by atoms with Gasteiger partial charge in [-0.15, -0.1) is 0 Å². The Morgan fingerprint density at radius 3 is 2.56 bits per heavy atom. The van der Waals surface area contributed by atoms with Crippen LogP contribution < -0.4 is 20.7 Å². The van der Waals surface area contributed by atoms with Gasteiger partial charge in [0.2, 0.25) is 17.7 Å².